The van der Waals surface area contributed by atoms with Crippen molar-refractivity contribution in [1.29, 1.82) is 0 Å². The van der Waals surface area contributed by atoms with E-state index in [2.05, 4.69) is 13.2 Å². The first-order chi connectivity index (χ1) is 39.4. The molecule has 0 atom stereocenters. The molecule has 7 saturated carbocycles. The summed E-state index contributed by atoms with van der Waals surface area (Å²) in [4.78, 5) is 66.9. The Kier molecular flexibility index (Phi) is 40.7. The minimum Gasteiger partial charge on any atom is -1.00 e. The van der Waals surface area contributed by atoms with Gasteiger partial charge in [0.25, 0.3) is 0 Å². The first-order valence-electron chi connectivity index (χ1n) is 32.2. The zero-order valence-electron chi connectivity index (χ0n) is 57.3. The summed E-state index contributed by atoms with van der Waals surface area (Å²) in [5, 5.41) is 38.6. The molecule has 0 aromatic heterocycles. The normalized spacial score (nSPS) is 26.3. The average Bonchev–Trinajstić information content (AvgIpc) is 4.42. The van der Waals surface area contributed by atoms with E-state index in [0.717, 1.165) is 192 Å². The number of ether oxygens (including phenoxy) is 3. The van der Waals surface area contributed by atoms with Crippen molar-refractivity contribution in [2.45, 2.75) is 317 Å². The number of alkyl halides is 2. The monoisotopic (exact) mass is 1310 g/mol. The summed E-state index contributed by atoms with van der Waals surface area (Å²) in [5.74, 6) is 2.77. The number of hydrogen-bond donors (Lipinski definition) is 4. The van der Waals surface area contributed by atoms with Crippen molar-refractivity contribution in [2.24, 2.45) is 39.9 Å². The quantitative estimate of drug-likeness (QED) is 0.0273. The van der Waals surface area contributed by atoms with Gasteiger partial charge in [-0.1, -0.05) is 59.6 Å². The third-order valence-electron chi connectivity index (χ3n) is 17.8. The van der Waals surface area contributed by atoms with Gasteiger partial charge in [-0.2, -0.15) is 0 Å². The van der Waals surface area contributed by atoms with E-state index in [-0.39, 0.29) is 102 Å². The van der Waals surface area contributed by atoms with E-state index < -0.39 is 21.7 Å². The molecule has 0 radical (unpaired) electrons. The Hall–Kier alpha value is -1.33. The molecule has 7 aliphatic rings. The second kappa shape index (κ2) is 41.3. The molecule has 13 nitrogen and oxygen atoms in total. The summed E-state index contributed by atoms with van der Waals surface area (Å²) in [5.41, 5.74) is -1.50. The van der Waals surface area contributed by atoms with Gasteiger partial charge in [-0.05, 0) is 270 Å². The molecule has 0 saturated heterocycles. The Morgan fingerprint density at radius 2 is 0.779 bits per heavy atom. The number of halogens is 4. The fourth-order valence-electron chi connectivity index (χ4n) is 12.0. The van der Waals surface area contributed by atoms with E-state index >= 15 is 0 Å². The van der Waals surface area contributed by atoms with Gasteiger partial charge in [-0.3, -0.25) is 24.0 Å². The Morgan fingerprint density at radius 3 is 1.05 bits per heavy atom. The maximum Gasteiger partial charge on any atom is 2.00 e. The summed E-state index contributed by atoms with van der Waals surface area (Å²) >= 11 is 20.6. The molecule has 0 amide bonds. The fraction of sp³-hybridized carbons (Fsp3) is 0.853. The number of carbonyl (C=O) groups is 6. The standard InChI is InChI=1S/C20H32O4.C16H28O3.C11H20O2.C8H14O2.C5H9ClO.C4H8Cl2.C4H5ClO.Mg.2H/c1-14(2)17(21)24-20(12-6-7-13-20)15-8-10-16(11-9-15)23-18(22)19(3,4)5;1-15(2,3)14(17)19-13-8-6-12(7-9-13)16(18)10-4-5-11-16;12-10-5-3-9(4-6-10)11(13)7-1-2-8-11;1-6(9)7-2-4-8(10)5-3-7;1-5(2,3)4(6)7;5-3-1-2-4-6;1-3(2)4(5)6;;;/h15-16H,1,6-13H2,2-5H3;12-13,18H,4-11H2,1-3H3;9-10,12-13H,1-8H2;7-8,10H,2-5H2,1H3;1-3H3;1-4H2;1H2,2H3;;;/q;;;;;;;+2;2*-1. The average molecular weight is 1310 g/mol. The number of unbranched alkanes of at least 4 members (excludes halogenated alkanes) is 1. The van der Waals surface area contributed by atoms with Crippen LogP contribution < -0.4 is 0 Å². The van der Waals surface area contributed by atoms with E-state index in [1.165, 1.54) is 12.8 Å². The van der Waals surface area contributed by atoms with Crippen molar-refractivity contribution in [3.8, 4) is 0 Å². The molecule has 0 spiro atoms. The van der Waals surface area contributed by atoms with Gasteiger partial charge in [-0.25, -0.2) is 4.79 Å². The predicted molar refractivity (Wildman–Crippen MR) is 353 cm³/mol. The number of rotatable bonds is 12. The number of ketones is 1. The van der Waals surface area contributed by atoms with E-state index in [0.29, 0.717) is 28.9 Å². The fourth-order valence-corrected chi connectivity index (χ4v) is 12.4. The SMILES string of the molecule is C=C(C)C(=O)Cl.C=C(C)C(=O)OC1(C2CCC(OC(=O)C(C)(C)C)CC2)CCCC1.CC(=O)C1CCC(O)CC1.CC(C)(C)C(=O)Cl.CC(C)(C)C(=O)OC1CCC(C2(O)CCCC2)CC1.ClCCCCCl.OC1CCC(C2(O)CCCC2)CC1.[H-].[H-].[Mg+2]. The Labute approximate surface area is 559 Å². The third-order valence-corrected chi connectivity index (χ3v) is 19.3. The summed E-state index contributed by atoms with van der Waals surface area (Å²) in [6.07, 6.45) is 29.3. The molecule has 0 bridgehead atoms. The van der Waals surface area contributed by atoms with Crippen LogP contribution in [0.1, 0.15) is 279 Å². The van der Waals surface area contributed by atoms with Gasteiger partial charge in [-0.15, -0.1) is 23.2 Å². The van der Waals surface area contributed by atoms with Crippen LogP contribution in [0, 0.1) is 39.9 Å². The zero-order chi connectivity index (χ0) is 65.0. The number of aliphatic hydroxyl groups is 4. The molecule has 4 N–H and O–H groups in total. The predicted octanol–water partition coefficient (Wildman–Crippen LogP) is 16.2. The first-order valence-corrected chi connectivity index (χ1v) is 34.0. The van der Waals surface area contributed by atoms with Crippen LogP contribution in [-0.2, 0) is 43.0 Å². The topological polar surface area (TPSA) is 211 Å². The van der Waals surface area contributed by atoms with Gasteiger partial charge in [0.1, 0.15) is 23.6 Å². The maximum atomic E-state index is 12.1. The Morgan fingerprint density at radius 1 is 0.488 bits per heavy atom. The largest absolute Gasteiger partial charge is 2.00 e. The van der Waals surface area contributed by atoms with Crippen molar-refractivity contribution in [3.63, 3.8) is 0 Å². The number of allylic oxidation sites excluding steroid dienone is 1. The molecule has 7 aliphatic carbocycles. The molecule has 498 valence electrons. The van der Waals surface area contributed by atoms with Crippen LogP contribution in [0.25, 0.3) is 0 Å². The Balaban J connectivity index is -0.00000101. The molecule has 0 unspecified atom stereocenters. The summed E-state index contributed by atoms with van der Waals surface area (Å²) < 4.78 is 17.2. The summed E-state index contributed by atoms with van der Waals surface area (Å²) in [6.45, 7) is 28.5. The second-order valence-corrected chi connectivity index (χ2v) is 30.0. The van der Waals surface area contributed by atoms with Crippen LogP contribution in [0.2, 0.25) is 0 Å². The van der Waals surface area contributed by atoms with E-state index in [4.69, 9.17) is 65.7 Å². The molecule has 18 heteroatoms. The van der Waals surface area contributed by atoms with Crippen molar-refractivity contribution in [1.82, 2.24) is 0 Å². The number of Topliss-reactive ketones (excluding diaryl/α,β-unsaturated/α-hetero) is 1. The summed E-state index contributed by atoms with van der Waals surface area (Å²) in [6, 6.07) is 0. The van der Waals surface area contributed by atoms with Crippen LogP contribution in [0.15, 0.2) is 24.3 Å². The van der Waals surface area contributed by atoms with Crippen molar-refractivity contribution >= 4 is 104 Å². The van der Waals surface area contributed by atoms with E-state index in [1.807, 2.05) is 41.5 Å². The molecule has 7 fully saturated rings. The number of esters is 3. The Bertz CT molecular complexity index is 2010. The number of hydrogen-bond acceptors (Lipinski definition) is 13. The van der Waals surface area contributed by atoms with Crippen LogP contribution in [0.4, 0.5) is 0 Å². The van der Waals surface area contributed by atoms with Crippen molar-refractivity contribution in [3.05, 3.63) is 24.3 Å². The van der Waals surface area contributed by atoms with Crippen LogP contribution >= 0.6 is 46.4 Å². The molecule has 0 heterocycles. The van der Waals surface area contributed by atoms with Crippen molar-refractivity contribution in [2.75, 3.05) is 11.8 Å². The molecule has 86 heavy (non-hydrogen) atoms. The number of aliphatic hydroxyl groups excluding tert-OH is 2. The smallest absolute Gasteiger partial charge is 1.00 e. The molecule has 0 aliphatic heterocycles. The molecular formula is C68H118Cl4MgO13. The molecule has 7 rings (SSSR count). The van der Waals surface area contributed by atoms with Gasteiger partial charge in [0.2, 0.25) is 10.5 Å². The van der Waals surface area contributed by atoms with Gasteiger partial charge in [0.15, 0.2) is 0 Å². The number of carbonyl (C=O) groups excluding carboxylic acids is 6. The summed E-state index contributed by atoms with van der Waals surface area (Å²) in [7, 11) is 0. The van der Waals surface area contributed by atoms with Gasteiger partial charge in [0.05, 0.1) is 34.2 Å². The molecular weight excluding hydrogens is 1190 g/mol. The van der Waals surface area contributed by atoms with E-state index in [1.54, 1.807) is 41.5 Å². The minimum atomic E-state index is -0.463. The first kappa shape index (κ1) is 84.7. The maximum absolute atomic E-state index is 12.1. The van der Waals surface area contributed by atoms with Crippen LogP contribution in [-0.4, -0.2) is 131 Å². The van der Waals surface area contributed by atoms with Crippen LogP contribution in [0.5, 0.6) is 0 Å². The van der Waals surface area contributed by atoms with Gasteiger partial charge in [0, 0.05) is 34.2 Å². The zero-order valence-corrected chi connectivity index (χ0v) is 59.8. The third kappa shape index (κ3) is 32.8. The molecule has 0 aromatic carbocycles. The van der Waals surface area contributed by atoms with Crippen molar-refractivity contribution < 1.29 is 66.3 Å². The second-order valence-electron chi connectivity index (χ2n) is 28.6. The van der Waals surface area contributed by atoms with Gasteiger partial charge < -0.3 is 37.5 Å². The van der Waals surface area contributed by atoms with Crippen LogP contribution in [0.3, 0.4) is 0 Å². The van der Waals surface area contributed by atoms with E-state index in [9.17, 15) is 44.1 Å². The minimum absolute atomic E-state index is 0. The molecule has 0 aromatic rings. The van der Waals surface area contributed by atoms with Gasteiger partial charge >= 0.3 is 41.0 Å².